The number of ether oxygens (including phenoxy) is 1. The summed E-state index contributed by atoms with van der Waals surface area (Å²) >= 11 is 0. The molecule has 1 unspecified atom stereocenters. The monoisotopic (exact) mass is 279 g/mol. The molecule has 1 aromatic heterocycles. The molecule has 0 radical (unpaired) electrons. The van der Waals surface area contributed by atoms with Crippen LogP contribution < -0.4 is 10.6 Å². The second kappa shape index (κ2) is 6.74. The maximum absolute atomic E-state index is 5.76. The summed E-state index contributed by atoms with van der Waals surface area (Å²) < 4.78 is 7.58. The fraction of sp³-hybridized carbons (Fsp3) is 0.714. The van der Waals surface area contributed by atoms with Crippen molar-refractivity contribution < 1.29 is 4.74 Å². The van der Waals surface area contributed by atoms with Crippen LogP contribution >= 0.6 is 0 Å². The van der Waals surface area contributed by atoms with E-state index in [1.807, 2.05) is 24.1 Å². The number of hydrogen-bond acceptors (Lipinski definition) is 3. The Morgan fingerprint density at radius 1 is 1.55 bits per heavy atom. The van der Waals surface area contributed by atoms with Crippen molar-refractivity contribution in [3.63, 3.8) is 0 Å². The van der Waals surface area contributed by atoms with E-state index in [0.717, 1.165) is 44.9 Å². The highest BCUT2D eigenvalue weighted by atomic mass is 16.5. The van der Waals surface area contributed by atoms with Crippen molar-refractivity contribution in [2.75, 3.05) is 26.7 Å². The van der Waals surface area contributed by atoms with Gasteiger partial charge in [-0.1, -0.05) is 0 Å². The molecule has 1 atom stereocenters. The van der Waals surface area contributed by atoms with Gasteiger partial charge in [0.1, 0.15) is 0 Å². The molecule has 6 heteroatoms. The number of rotatable bonds is 5. The lowest BCUT2D eigenvalue weighted by molar-refractivity contribution is 0.0243. The smallest absolute Gasteiger partial charge is 0.191 e. The Balaban J connectivity index is 1.70. The summed E-state index contributed by atoms with van der Waals surface area (Å²) in [7, 11) is 3.72. The minimum Gasteiger partial charge on any atom is -0.373 e. The number of nitrogens with one attached hydrogen (secondary N) is 2. The summed E-state index contributed by atoms with van der Waals surface area (Å²) in [5, 5.41) is 10.8. The van der Waals surface area contributed by atoms with Crippen LogP contribution in [0, 0.1) is 0 Å². The molecule has 0 aromatic carbocycles. The fourth-order valence-corrected chi connectivity index (χ4v) is 2.39. The maximum Gasteiger partial charge on any atom is 0.191 e. The Kier molecular flexibility index (Phi) is 5.00. The Bertz CT molecular complexity index is 448. The van der Waals surface area contributed by atoms with Crippen LogP contribution in [0.25, 0.3) is 0 Å². The molecule has 0 amide bonds. The lowest BCUT2D eigenvalue weighted by Crippen LogP contribution is -2.45. The number of aromatic nitrogens is 2. The molecule has 2 N–H and O–H groups in total. The van der Waals surface area contributed by atoms with Crippen LogP contribution in [0.5, 0.6) is 0 Å². The summed E-state index contributed by atoms with van der Waals surface area (Å²) in [6, 6.07) is 0. The molecule has 20 heavy (non-hydrogen) atoms. The zero-order valence-corrected chi connectivity index (χ0v) is 12.6. The molecule has 0 saturated carbocycles. The van der Waals surface area contributed by atoms with E-state index in [0.29, 0.717) is 0 Å². The molecule has 2 rings (SSSR count). The summed E-state index contributed by atoms with van der Waals surface area (Å²) in [4.78, 5) is 4.23. The van der Waals surface area contributed by atoms with E-state index in [1.165, 1.54) is 5.56 Å². The molecule has 1 fully saturated rings. The first-order valence-electron chi connectivity index (χ1n) is 7.17. The molecule has 1 aromatic rings. The van der Waals surface area contributed by atoms with Crippen molar-refractivity contribution in [3.05, 3.63) is 18.0 Å². The summed E-state index contributed by atoms with van der Waals surface area (Å²) in [5.74, 6) is 0.825. The Hall–Kier alpha value is -1.56. The number of nitrogens with zero attached hydrogens (tertiary/aromatic N) is 3. The Labute approximate surface area is 120 Å². The van der Waals surface area contributed by atoms with E-state index in [2.05, 4.69) is 27.6 Å². The van der Waals surface area contributed by atoms with Gasteiger partial charge in [-0.25, -0.2) is 0 Å². The van der Waals surface area contributed by atoms with Crippen molar-refractivity contribution in [2.45, 2.75) is 31.8 Å². The molecular weight excluding hydrogens is 254 g/mol. The first-order valence-corrected chi connectivity index (χ1v) is 7.17. The SMILES string of the molecule is CN=C(NCCc1cnn(C)c1)NCC1(C)CCCO1. The lowest BCUT2D eigenvalue weighted by Gasteiger charge is -2.24. The van der Waals surface area contributed by atoms with Gasteiger partial charge in [0, 0.05) is 40.0 Å². The molecule has 2 heterocycles. The van der Waals surface area contributed by atoms with Crippen molar-refractivity contribution >= 4 is 5.96 Å². The van der Waals surface area contributed by atoms with E-state index < -0.39 is 0 Å². The van der Waals surface area contributed by atoms with Crippen molar-refractivity contribution in [2.24, 2.45) is 12.0 Å². The zero-order valence-electron chi connectivity index (χ0n) is 12.6. The number of aryl methyl sites for hydroxylation is 1. The van der Waals surface area contributed by atoms with Crippen molar-refractivity contribution in [1.29, 1.82) is 0 Å². The van der Waals surface area contributed by atoms with E-state index in [9.17, 15) is 0 Å². The maximum atomic E-state index is 5.76. The molecule has 0 aliphatic carbocycles. The quantitative estimate of drug-likeness (QED) is 0.615. The van der Waals surface area contributed by atoms with E-state index >= 15 is 0 Å². The van der Waals surface area contributed by atoms with Crippen LogP contribution in [-0.4, -0.2) is 48.1 Å². The number of hydrogen-bond donors (Lipinski definition) is 2. The van der Waals surface area contributed by atoms with Gasteiger partial charge in [-0.05, 0) is 31.7 Å². The molecule has 1 saturated heterocycles. The summed E-state index contributed by atoms with van der Waals surface area (Å²) in [6.07, 6.45) is 7.11. The summed E-state index contributed by atoms with van der Waals surface area (Å²) in [6.45, 7) is 4.64. The highest BCUT2D eigenvalue weighted by Crippen LogP contribution is 2.23. The molecule has 1 aliphatic rings. The predicted molar refractivity (Wildman–Crippen MR) is 79.9 cm³/mol. The highest BCUT2D eigenvalue weighted by Gasteiger charge is 2.29. The van der Waals surface area contributed by atoms with Crippen LogP contribution in [0.4, 0.5) is 0 Å². The third-order valence-corrected chi connectivity index (χ3v) is 3.62. The molecule has 1 aliphatic heterocycles. The topological polar surface area (TPSA) is 63.5 Å². The highest BCUT2D eigenvalue weighted by molar-refractivity contribution is 5.79. The third-order valence-electron chi connectivity index (χ3n) is 3.62. The minimum atomic E-state index is -0.0546. The van der Waals surface area contributed by atoms with Gasteiger partial charge in [0.2, 0.25) is 0 Å². The van der Waals surface area contributed by atoms with Gasteiger partial charge in [-0.2, -0.15) is 5.10 Å². The molecule has 112 valence electrons. The largest absolute Gasteiger partial charge is 0.373 e. The van der Waals surface area contributed by atoms with Crippen molar-refractivity contribution in [1.82, 2.24) is 20.4 Å². The van der Waals surface area contributed by atoms with Gasteiger partial charge < -0.3 is 15.4 Å². The van der Waals surface area contributed by atoms with Crippen LogP contribution in [0.2, 0.25) is 0 Å². The van der Waals surface area contributed by atoms with Gasteiger partial charge in [-0.3, -0.25) is 9.67 Å². The van der Waals surface area contributed by atoms with Crippen LogP contribution in [0.1, 0.15) is 25.3 Å². The molecule has 0 spiro atoms. The average Bonchev–Trinajstić information content (AvgIpc) is 3.03. The van der Waals surface area contributed by atoms with Crippen molar-refractivity contribution in [3.8, 4) is 0 Å². The minimum absolute atomic E-state index is 0.0546. The van der Waals surface area contributed by atoms with Crippen LogP contribution in [-0.2, 0) is 18.2 Å². The summed E-state index contributed by atoms with van der Waals surface area (Å²) in [5.41, 5.74) is 1.17. The van der Waals surface area contributed by atoms with E-state index in [1.54, 1.807) is 7.05 Å². The Morgan fingerprint density at radius 3 is 3.00 bits per heavy atom. The van der Waals surface area contributed by atoms with Crippen LogP contribution in [0.3, 0.4) is 0 Å². The van der Waals surface area contributed by atoms with Gasteiger partial charge >= 0.3 is 0 Å². The fourth-order valence-electron chi connectivity index (χ4n) is 2.39. The Morgan fingerprint density at radius 2 is 2.40 bits per heavy atom. The molecular formula is C14H25N5O. The van der Waals surface area contributed by atoms with E-state index in [-0.39, 0.29) is 5.60 Å². The predicted octanol–water partition coefficient (Wildman–Crippen LogP) is 0.697. The second-order valence-corrected chi connectivity index (χ2v) is 5.53. The molecule has 6 nitrogen and oxygen atoms in total. The normalized spacial score (nSPS) is 23.1. The standard InChI is InChI=1S/C14H25N5O/c1-14(6-4-8-20-14)11-17-13(15-2)16-7-5-12-9-18-19(3)10-12/h9-10H,4-8,11H2,1-3H3,(H2,15,16,17). The lowest BCUT2D eigenvalue weighted by atomic mass is 10.0. The third kappa shape index (κ3) is 4.23. The first-order chi connectivity index (χ1) is 9.61. The number of aliphatic imine (C=N–C) groups is 1. The number of guanidine groups is 1. The molecule has 0 bridgehead atoms. The first kappa shape index (κ1) is 14.8. The van der Waals surface area contributed by atoms with Gasteiger partial charge in [0.25, 0.3) is 0 Å². The average molecular weight is 279 g/mol. The van der Waals surface area contributed by atoms with Gasteiger partial charge in [0.05, 0.1) is 11.8 Å². The van der Waals surface area contributed by atoms with Gasteiger partial charge in [0.15, 0.2) is 5.96 Å². The van der Waals surface area contributed by atoms with E-state index in [4.69, 9.17) is 4.74 Å². The van der Waals surface area contributed by atoms with Gasteiger partial charge in [-0.15, -0.1) is 0 Å². The second-order valence-electron chi connectivity index (χ2n) is 5.53. The zero-order chi connectivity index (χ0) is 14.4. The van der Waals surface area contributed by atoms with Crippen LogP contribution in [0.15, 0.2) is 17.4 Å².